The van der Waals surface area contributed by atoms with Crippen molar-refractivity contribution < 1.29 is 57.1 Å². The minimum absolute atomic E-state index is 0.281. The van der Waals surface area contributed by atoms with E-state index in [0.29, 0.717) is 0 Å². The summed E-state index contributed by atoms with van der Waals surface area (Å²) in [6.45, 7) is 8.09. The minimum Gasteiger partial charge on any atom is -0.465 e. The number of carbonyl (C=O) groups is 5. The Kier molecular flexibility index (Phi) is 14.1. The van der Waals surface area contributed by atoms with E-state index in [2.05, 4.69) is 0 Å². The van der Waals surface area contributed by atoms with Crippen LogP contribution in [0, 0.1) is 0 Å². The van der Waals surface area contributed by atoms with E-state index >= 15 is 0 Å². The number of carbonyl (C=O) groups excluding carboxylic acids is 5. The maximum atomic E-state index is 13.6. The molecule has 0 radical (unpaired) electrons. The SMILES string of the molecule is COC(=O)[C@]1(OC(C)C)C[C@H](OC(C)=O)[C@@H](N(Cc2ccccc2)Cc2ccccc2)[C@H]([C@H](OC(C)=O)[C@@H](COC(C)=O)OC(C)=O)O1. The molecule has 1 saturated heterocycles. The van der Waals surface area contributed by atoms with E-state index in [9.17, 15) is 24.0 Å². The lowest BCUT2D eigenvalue weighted by Crippen LogP contribution is -2.69. The summed E-state index contributed by atoms with van der Waals surface area (Å²) in [7, 11) is 1.15. The first-order valence-electron chi connectivity index (χ1n) is 15.7. The lowest BCUT2D eigenvalue weighted by Gasteiger charge is -2.52. The summed E-state index contributed by atoms with van der Waals surface area (Å²) in [6.07, 6.45) is -6.35. The van der Waals surface area contributed by atoms with Crippen LogP contribution in [0.5, 0.6) is 0 Å². The molecular formula is C35H45NO12. The number of hydrogen-bond donors (Lipinski definition) is 0. The van der Waals surface area contributed by atoms with Gasteiger partial charge >= 0.3 is 29.8 Å². The number of hydrogen-bond acceptors (Lipinski definition) is 13. The highest BCUT2D eigenvalue weighted by Gasteiger charge is 2.60. The zero-order chi connectivity index (χ0) is 35.4. The first-order valence-corrected chi connectivity index (χ1v) is 15.7. The molecule has 1 aliphatic rings. The zero-order valence-corrected chi connectivity index (χ0v) is 28.4. The van der Waals surface area contributed by atoms with Crippen LogP contribution in [0.15, 0.2) is 60.7 Å². The second-order valence-corrected chi connectivity index (χ2v) is 11.7. The van der Waals surface area contributed by atoms with Crippen molar-refractivity contribution in [2.24, 2.45) is 0 Å². The van der Waals surface area contributed by atoms with Crippen molar-refractivity contribution in [1.29, 1.82) is 0 Å². The predicted molar refractivity (Wildman–Crippen MR) is 170 cm³/mol. The third kappa shape index (κ3) is 10.9. The molecule has 0 aromatic heterocycles. The molecule has 2 aromatic carbocycles. The lowest BCUT2D eigenvalue weighted by atomic mass is 9.86. The number of rotatable bonds is 15. The summed E-state index contributed by atoms with van der Waals surface area (Å²) in [5.41, 5.74) is 1.77. The molecule has 3 rings (SSSR count). The van der Waals surface area contributed by atoms with Gasteiger partial charge in [-0.15, -0.1) is 0 Å². The van der Waals surface area contributed by atoms with Gasteiger partial charge in [-0.25, -0.2) is 4.79 Å². The van der Waals surface area contributed by atoms with E-state index in [-0.39, 0.29) is 19.5 Å². The van der Waals surface area contributed by atoms with Gasteiger partial charge in [-0.05, 0) is 25.0 Å². The fraction of sp³-hybridized carbons (Fsp3) is 0.514. The summed E-state index contributed by atoms with van der Waals surface area (Å²) >= 11 is 0. The average molecular weight is 672 g/mol. The van der Waals surface area contributed by atoms with Crippen molar-refractivity contribution >= 4 is 29.8 Å². The predicted octanol–water partition coefficient (Wildman–Crippen LogP) is 3.50. The highest BCUT2D eigenvalue weighted by Crippen LogP contribution is 2.40. The number of ether oxygens (including phenoxy) is 7. The smallest absolute Gasteiger partial charge is 0.366 e. The largest absolute Gasteiger partial charge is 0.465 e. The fourth-order valence-corrected chi connectivity index (χ4v) is 5.81. The van der Waals surface area contributed by atoms with Gasteiger partial charge in [0.25, 0.3) is 5.79 Å². The highest BCUT2D eigenvalue weighted by atomic mass is 16.7. The standard InChI is InChI=1S/C35H45NO12/c1-22(2)47-35(34(41)42-7)18-29(44-24(4)38)31(36(19-27-14-10-8-11-15-27)20-28-16-12-9-13-17-28)33(48-35)32(46-26(6)40)30(45-25(5)39)21-43-23(3)37/h8-17,22,29-33H,18-21H2,1-7H3/t29-,30+,31+,32+,33+,35-/m0/s1. The van der Waals surface area contributed by atoms with E-state index < -0.39 is 78.8 Å². The third-order valence-electron chi connectivity index (χ3n) is 7.39. The Morgan fingerprint density at radius 2 is 1.35 bits per heavy atom. The second-order valence-electron chi connectivity index (χ2n) is 11.7. The third-order valence-corrected chi connectivity index (χ3v) is 7.39. The summed E-state index contributed by atoms with van der Waals surface area (Å²) < 4.78 is 40.5. The van der Waals surface area contributed by atoms with Crippen molar-refractivity contribution in [2.75, 3.05) is 13.7 Å². The van der Waals surface area contributed by atoms with Gasteiger partial charge in [0.1, 0.15) is 18.8 Å². The zero-order valence-electron chi connectivity index (χ0n) is 28.4. The van der Waals surface area contributed by atoms with Crippen LogP contribution in [-0.4, -0.2) is 90.8 Å². The van der Waals surface area contributed by atoms with Crippen molar-refractivity contribution in [2.45, 2.75) is 103 Å². The maximum Gasteiger partial charge on any atom is 0.366 e. The van der Waals surface area contributed by atoms with Gasteiger partial charge in [-0.1, -0.05) is 60.7 Å². The van der Waals surface area contributed by atoms with Gasteiger partial charge in [-0.2, -0.15) is 0 Å². The number of nitrogens with zero attached hydrogens (tertiary/aromatic N) is 1. The fourth-order valence-electron chi connectivity index (χ4n) is 5.81. The van der Waals surface area contributed by atoms with Crippen LogP contribution >= 0.6 is 0 Å². The summed E-state index contributed by atoms with van der Waals surface area (Å²) in [5.74, 6) is -5.99. The second kappa shape index (κ2) is 17.7. The first kappa shape index (κ1) is 38.1. The van der Waals surface area contributed by atoms with Gasteiger partial charge < -0.3 is 33.2 Å². The van der Waals surface area contributed by atoms with Gasteiger partial charge in [-0.3, -0.25) is 24.1 Å². The minimum atomic E-state index is -2.16. The molecule has 6 atom stereocenters. The van der Waals surface area contributed by atoms with Crippen LogP contribution in [0.3, 0.4) is 0 Å². The van der Waals surface area contributed by atoms with Gasteiger partial charge in [0.15, 0.2) is 12.2 Å². The Balaban J connectivity index is 2.34. The van der Waals surface area contributed by atoms with E-state index in [0.717, 1.165) is 32.1 Å². The van der Waals surface area contributed by atoms with Crippen molar-refractivity contribution in [3.05, 3.63) is 71.8 Å². The van der Waals surface area contributed by atoms with Crippen LogP contribution in [0.25, 0.3) is 0 Å². The Labute approximate surface area is 280 Å². The van der Waals surface area contributed by atoms with Crippen LogP contribution < -0.4 is 0 Å². The summed E-state index contributed by atoms with van der Waals surface area (Å²) in [4.78, 5) is 65.3. The van der Waals surface area contributed by atoms with Gasteiger partial charge in [0, 0.05) is 40.8 Å². The molecule has 0 spiro atoms. The molecule has 0 N–H and O–H groups in total. The Morgan fingerprint density at radius 3 is 1.79 bits per heavy atom. The van der Waals surface area contributed by atoms with E-state index in [1.54, 1.807) is 13.8 Å². The normalized spacial score (nSPS) is 21.9. The number of methoxy groups -OCH3 is 1. The molecule has 0 amide bonds. The molecule has 0 unspecified atom stereocenters. The summed E-state index contributed by atoms with van der Waals surface area (Å²) in [5, 5.41) is 0. The Hall–Kier alpha value is -4.33. The van der Waals surface area contributed by atoms with Crippen molar-refractivity contribution in [3.8, 4) is 0 Å². The number of benzene rings is 2. The van der Waals surface area contributed by atoms with Crippen molar-refractivity contribution in [3.63, 3.8) is 0 Å². The van der Waals surface area contributed by atoms with E-state index in [4.69, 9.17) is 33.2 Å². The molecule has 0 aliphatic carbocycles. The quantitative estimate of drug-likeness (QED) is 0.201. The molecule has 13 heteroatoms. The molecular weight excluding hydrogens is 626 g/mol. The Bertz CT molecular complexity index is 1340. The van der Waals surface area contributed by atoms with Crippen LogP contribution in [0.4, 0.5) is 0 Å². The van der Waals surface area contributed by atoms with Crippen molar-refractivity contribution in [1.82, 2.24) is 4.90 Å². The van der Waals surface area contributed by atoms with Gasteiger partial charge in [0.05, 0.1) is 25.7 Å². The maximum absolute atomic E-state index is 13.6. The molecule has 1 aliphatic heterocycles. The Morgan fingerprint density at radius 1 is 0.812 bits per heavy atom. The van der Waals surface area contributed by atoms with Crippen LogP contribution in [-0.2, 0) is 70.2 Å². The van der Waals surface area contributed by atoms with Crippen LogP contribution in [0.1, 0.15) is 59.1 Å². The molecule has 1 heterocycles. The molecule has 0 saturated carbocycles. The van der Waals surface area contributed by atoms with Crippen LogP contribution in [0.2, 0.25) is 0 Å². The summed E-state index contributed by atoms with van der Waals surface area (Å²) in [6, 6.07) is 18.0. The molecule has 2 aromatic rings. The lowest BCUT2D eigenvalue weighted by molar-refractivity contribution is -0.331. The molecule has 0 bridgehead atoms. The number of esters is 5. The van der Waals surface area contributed by atoms with Gasteiger partial charge in [0.2, 0.25) is 0 Å². The molecule has 1 fully saturated rings. The van der Waals surface area contributed by atoms with E-state index in [1.807, 2.05) is 65.6 Å². The average Bonchev–Trinajstić information content (AvgIpc) is 3.01. The topological polar surface area (TPSA) is 153 Å². The molecule has 262 valence electrons. The monoisotopic (exact) mass is 671 g/mol. The molecule has 48 heavy (non-hydrogen) atoms. The van der Waals surface area contributed by atoms with E-state index in [1.165, 1.54) is 13.8 Å². The first-order chi connectivity index (χ1) is 22.7. The highest BCUT2D eigenvalue weighted by molar-refractivity contribution is 5.78. The molecule has 13 nitrogen and oxygen atoms in total.